The van der Waals surface area contributed by atoms with Gasteiger partial charge in [-0.05, 0) is 54.9 Å². The van der Waals surface area contributed by atoms with E-state index < -0.39 is 6.04 Å². The summed E-state index contributed by atoms with van der Waals surface area (Å²) in [6, 6.07) is 9.51. The lowest BCUT2D eigenvalue weighted by atomic mass is 9.79. The summed E-state index contributed by atoms with van der Waals surface area (Å²) in [5, 5.41) is 3.26. The lowest BCUT2D eigenvalue weighted by Gasteiger charge is -2.32. The zero-order chi connectivity index (χ0) is 14.4. The molecule has 3 aliphatic carbocycles. The first-order valence-corrected chi connectivity index (χ1v) is 8.35. The van der Waals surface area contributed by atoms with Crippen LogP contribution in [0.5, 0.6) is 0 Å². The minimum atomic E-state index is -0.537. The first kappa shape index (κ1) is 13.3. The summed E-state index contributed by atoms with van der Waals surface area (Å²) < 4.78 is 0. The van der Waals surface area contributed by atoms with Gasteiger partial charge in [0.15, 0.2) is 0 Å². The second kappa shape index (κ2) is 5.13. The highest BCUT2D eigenvalue weighted by molar-refractivity contribution is 5.83. The second-order valence-corrected chi connectivity index (χ2v) is 7.16. The molecule has 0 heterocycles. The van der Waals surface area contributed by atoms with E-state index in [-0.39, 0.29) is 5.91 Å². The number of nitrogens with one attached hydrogen (secondary N) is 1. The standard InChI is InChI=1S/C18H24N2O/c19-17(11-5-2-1-3-6-11)18(21)20-16-10-12-9-15(16)14-8-4-7-13(12)14/h1-3,5-6,12-17H,4,7-10,19H2,(H,20,21)/t12?,13?,14?,15?,16?,17-/m1/s1. The highest BCUT2D eigenvalue weighted by Crippen LogP contribution is 2.58. The van der Waals surface area contributed by atoms with Gasteiger partial charge < -0.3 is 11.1 Å². The third-order valence-corrected chi connectivity index (χ3v) is 6.20. The quantitative estimate of drug-likeness (QED) is 0.896. The second-order valence-electron chi connectivity index (χ2n) is 7.16. The van der Waals surface area contributed by atoms with Crippen molar-refractivity contribution in [3.05, 3.63) is 35.9 Å². The molecule has 3 nitrogen and oxygen atoms in total. The number of carbonyl (C=O) groups excluding carboxylic acids is 1. The van der Waals surface area contributed by atoms with Crippen LogP contribution in [0.25, 0.3) is 0 Å². The Labute approximate surface area is 126 Å². The van der Waals surface area contributed by atoms with Crippen LogP contribution >= 0.6 is 0 Å². The Morgan fingerprint density at radius 2 is 1.86 bits per heavy atom. The Morgan fingerprint density at radius 1 is 1.10 bits per heavy atom. The van der Waals surface area contributed by atoms with Crippen LogP contribution in [0.3, 0.4) is 0 Å². The van der Waals surface area contributed by atoms with Gasteiger partial charge in [0, 0.05) is 6.04 Å². The van der Waals surface area contributed by atoms with Crippen molar-refractivity contribution in [1.29, 1.82) is 0 Å². The summed E-state index contributed by atoms with van der Waals surface area (Å²) >= 11 is 0. The predicted molar refractivity (Wildman–Crippen MR) is 82.3 cm³/mol. The summed E-state index contributed by atoms with van der Waals surface area (Å²) in [6.07, 6.45) is 6.71. The normalized spacial score (nSPS) is 38.2. The van der Waals surface area contributed by atoms with Crippen LogP contribution in [0.4, 0.5) is 0 Å². The van der Waals surface area contributed by atoms with Gasteiger partial charge in [-0.2, -0.15) is 0 Å². The maximum atomic E-state index is 12.4. The molecule has 112 valence electrons. The van der Waals surface area contributed by atoms with Gasteiger partial charge in [0.25, 0.3) is 0 Å². The van der Waals surface area contributed by atoms with Gasteiger partial charge in [-0.1, -0.05) is 36.8 Å². The summed E-state index contributed by atoms with van der Waals surface area (Å²) in [4.78, 5) is 12.4. The minimum Gasteiger partial charge on any atom is -0.351 e. The Hall–Kier alpha value is -1.35. The van der Waals surface area contributed by atoms with Gasteiger partial charge in [-0.3, -0.25) is 4.79 Å². The Balaban J connectivity index is 1.42. The first-order chi connectivity index (χ1) is 10.2. The van der Waals surface area contributed by atoms with Crippen molar-refractivity contribution in [2.45, 2.75) is 44.2 Å². The minimum absolute atomic E-state index is 0.00621. The molecule has 2 bridgehead atoms. The van der Waals surface area contributed by atoms with Crippen molar-refractivity contribution in [3.8, 4) is 0 Å². The van der Waals surface area contributed by atoms with Crippen molar-refractivity contribution in [3.63, 3.8) is 0 Å². The zero-order valence-corrected chi connectivity index (χ0v) is 12.4. The molecule has 3 aliphatic rings. The van der Waals surface area contributed by atoms with Gasteiger partial charge in [-0.15, -0.1) is 0 Å². The molecular weight excluding hydrogens is 260 g/mol. The molecule has 3 N–H and O–H groups in total. The van der Waals surface area contributed by atoms with Crippen LogP contribution in [0.15, 0.2) is 30.3 Å². The number of nitrogens with two attached hydrogens (primary N) is 1. The first-order valence-electron chi connectivity index (χ1n) is 8.35. The number of rotatable bonds is 3. The number of hydrogen-bond donors (Lipinski definition) is 2. The molecule has 3 fully saturated rings. The van der Waals surface area contributed by atoms with Crippen molar-refractivity contribution in [1.82, 2.24) is 5.32 Å². The Bertz CT molecular complexity index is 529. The van der Waals surface area contributed by atoms with E-state index in [4.69, 9.17) is 5.73 Å². The highest BCUT2D eigenvalue weighted by Gasteiger charge is 2.54. The molecule has 21 heavy (non-hydrogen) atoms. The molecule has 1 aromatic rings. The van der Waals surface area contributed by atoms with Gasteiger partial charge >= 0.3 is 0 Å². The molecule has 3 saturated carbocycles. The number of hydrogen-bond acceptors (Lipinski definition) is 2. The van der Waals surface area contributed by atoms with Crippen LogP contribution in [-0.4, -0.2) is 11.9 Å². The molecule has 6 atom stereocenters. The van der Waals surface area contributed by atoms with Crippen molar-refractivity contribution < 1.29 is 4.79 Å². The Morgan fingerprint density at radius 3 is 2.67 bits per heavy atom. The fourth-order valence-electron chi connectivity index (χ4n) is 5.32. The largest absolute Gasteiger partial charge is 0.351 e. The molecule has 0 aromatic heterocycles. The predicted octanol–water partition coefficient (Wildman–Crippen LogP) is 2.63. The van der Waals surface area contributed by atoms with E-state index in [0.29, 0.717) is 6.04 Å². The number of fused-ring (bicyclic) bond motifs is 5. The van der Waals surface area contributed by atoms with Gasteiger partial charge in [0.2, 0.25) is 5.91 Å². The third kappa shape index (κ3) is 2.18. The van der Waals surface area contributed by atoms with E-state index in [1.54, 1.807) is 0 Å². The molecule has 5 unspecified atom stereocenters. The average Bonchev–Trinajstić information content (AvgIpc) is 3.19. The van der Waals surface area contributed by atoms with E-state index in [2.05, 4.69) is 5.32 Å². The molecule has 1 aromatic carbocycles. The van der Waals surface area contributed by atoms with E-state index in [1.165, 1.54) is 32.1 Å². The fraction of sp³-hybridized carbons (Fsp3) is 0.611. The van der Waals surface area contributed by atoms with Gasteiger partial charge in [0.05, 0.1) is 0 Å². The van der Waals surface area contributed by atoms with E-state index >= 15 is 0 Å². The van der Waals surface area contributed by atoms with Crippen LogP contribution in [-0.2, 0) is 4.79 Å². The van der Waals surface area contributed by atoms with Crippen molar-refractivity contribution in [2.24, 2.45) is 29.4 Å². The maximum absolute atomic E-state index is 12.4. The third-order valence-electron chi connectivity index (χ3n) is 6.20. The van der Waals surface area contributed by atoms with Gasteiger partial charge in [-0.25, -0.2) is 0 Å². The molecule has 3 heteroatoms. The number of carbonyl (C=O) groups is 1. The van der Waals surface area contributed by atoms with Crippen molar-refractivity contribution >= 4 is 5.91 Å². The monoisotopic (exact) mass is 284 g/mol. The van der Waals surface area contributed by atoms with Crippen LogP contribution in [0.1, 0.15) is 43.7 Å². The van der Waals surface area contributed by atoms with Gasteiger partial charge in [0.1, 0.15) is 6.04 Å². The SMILES string of the molecule is N[C@@H](C(=O)NC1CC2CC1C1CCCC21)c1ccccc1. The van der Waals surface area contributed by atoms with Crippen molar-refractivity contribution in [2.75, 3.05) is 0 Å². The fourth-order valence-corrected chi connectivity index (χ4v) is 5.32. The number of amides is 1. The Kier molecular flexibility index (Phi) is 3.26. The van der Waals surface area contributed by atoms with E-state index in [9.17, 15) is 4.79 Å². The topological polar surface area (TPSA) is 55.1 Å². The van der Waals surface area contributed by atoms with E-state index in [1.807, 2.05) is 30.3 Å². The smallest absolute Gasteiger partial charge is 0.241 e. The molecule has 0 aliphatic heterocycles. The summed E-state index contributed by atoms with van der Waals surface area (Å²) in [5.74, 6) is 3.41. The maximum Gasteiger partial charge on any atom is 0.241 e. The molecule has 0 spiro atoms. The molecule has 0 radical (unpaired) electrons. The lowest BCUT2D eigenvalue weighted by molar-refractivity contribution is -0.123. The van der Waals surface area contributed by atoms with Crippen LogP contribution in [0, 0.1) is 23.7 Å². The highest BCUT2D eigenvalue weighted by atomic mass is 16.2. The summed E-state index contributed by atoms with van der Waals surface area (Å²) in [5.41, 5.74) is 7.01. The van der Waals surface area contributed by atoms with Crippen LogP contribution in [0.2, 0.25) is 0 Å². The molecular formula is C18H24N2O. The summed E-state index contributed by atoms with van der Waals surface area (Å²) in [7, 11) is 0. The average molecular weight is 284 g/mol. The molecule has 4 rings (SSSR count). The molecule has 0 saturated heterocycles. The summed E-state index contributed by atoms with van der Waals surface area (Å²) in [6.45, 7) is 0. The zero-order valence-electron chi connectivity index (χ0n) is 12.4. The van der Waals surface area contributed by atoms with E-state index in [0.717, 1.165) is 29.2 Å². The lowest BCUT2D eigenvalue weighted by Crippen LogP contribution is -2.45. The number of benzene rings is 1. The van der Waals surface area contributed by atoms with Crippen LogP contribution < -0.4 is 11.1 Å². The molecule has 1 amide bonds.